The van der Waals surface area contributed by atoms with E-state index in [1.54, 1.807) is 4.90 Å². The number of ether oxygens (including phenoxy) is 1. The van der Waals surface area contributed by atoms with Crippen molar-refractivity contribution < 1.29 is 27.9 Å². The van der Waals surface area contributed by atoms with E-state index in [1.807, 2.05) is 13.8 Å². The Morgan fingerprint density at radius 2 is 1.81 bits per heavy atom. The van der Waals surface area contributed by atoms with Gasteiger partial charge in [0.15, 0.2) is 0 Å². The van der Waals surface area contributed by atoms with Gasteiger partial charge in [-0.15, -0.1) is 0 Å². The van der Waals surface area contributed by atoms with E-state index in [-0.39, 0.29) is 35.1 Å². The molecule has 26 heavy (non-hydrogen) atoms. The fourth-order valence-corrected chi connectivity index (χ4v) is 3.73. The Bertz CT molecular complexity index is 737. The number of benzene rings is 1. The molecule has 144 valence electrons. The molecule has 0 atom stereocenters. The van der Waals surface area contributed by atoms with Crippen LogP contribution >= 0.6 is 0 Å². The Labute approximate surface area is 153 Å². The molecule has 0 aromatic heterocycles. The normalized spacial score (nSPS) is 16.0. The van der Waals surface area contributed by atoms with Crippen LogP contribution in [0.2, 0.25) is 0 Å². The number of rotatable bonds is 7. The van der Waals surface area contributed by atoms with Crippen LogP contribution in [0.1, 0.15) is 37.0 Å². The molecule has 0 saturated carbocycles. The quantitative estimate of drug-likeness (QED) is 0.727. The minimum atomic E-state index is -3.88. The summed E-state index contributed by atoms with van der Waals surface area (Å²) in [4.78, 5) is 24.6. The standard InChI is InChI=1S/C17H24N2O6S/c1-12(2)25-14-7-9-19(10-8-14)16(20)11-18-26(23,24)15-5-3-13(4-6-15)17(21)22/h3-6,12,14,18H,7-11H2,1-2H3,(H,21,22). The van der Waals surface area contributed by atoms with Crippen LogP contribution in [0, 0.1) is 0 Å². The van der Waals surface area contributed by atoms with E-state index in [9.17, 15) is 18.0 Å². The lowest BCUT2D eigenvalue weighted by Crippen LogP contribution is -2.45. The number of nitrogens with one attached hydrogen (secondary N) is 1. The van der Waals surface area contributed by atoms with Crippen LogP contribution in [0.4, 0.5) is 0 Å². The molecule has 0 bridgehead atoms. The van der Waals surface area contributed by atoms with Crippen LogP contribution in [-0.4, -0.2) is 62.1 Å². The van der Waals surface area contributed by atoms with Gasteiger partial charge in [-0.3, -0.25) is 4.79 Å². The summed E-state index contributed by atoms with van der Waals surface area (Å²) in [6, 6.07) is 4.81. The molecule has 0 aliphatic carbocycles. The second-order valence-corrected chi connectivity index (χ2v) is 8.19. The number of hydrogen-bond acceptors (Lipinski definition) is 5. The van der Waals surface area contributed by atoms with Crippen molar-refractivity contribution in [3.63, 3.8) is 0 Å². The molecular formula is C17H24N2O6S. The van der Waals surface area contributed by atoms with Gasteiger partial charge in [-0.05, 0) is 51.0 Å². The Kier molecular flexibility index (Phi) is 6.74. The molecule has 1 saturated heterocycles. The minimum Gasteiger partial charge on any atom is -0.478 e. The molecular weight excluding hydrogens is 360 g/mol. The highest BCUT2D eigenvalue weighted by Gasteiger charge is 2.25. The molecule has 0 unspecified atom stereocenters. The largest absolute Gasteiger partial charge is 0.478 e. The van der Waals surface area contributed by atoms with Crippen molar-refractivity contribution in [1.82, 2.24) is 9.62 Å². The summed E-state index contributed by atoms with van der Waals surface area (Å²) in [5.74, 6) is -1.43. The highest BCUT2D eigenvalue weighted by molar-refractivity contribution is 7.89. The van der Waals surface area contributed by atoms with Gasteiger partial charge in [0.05, 0.1) is 29.2 Å². The molecule has 2 N–H and O–H groups in total. The topological polar surface area (TPSA) is 113 Å². The van der Waals surface area contributed by atoms with E-state index in [1.165, 1.54) is 24.3 Å². The number of carboxylic acids is 1. The van der Waals surface area contributed by atoms with Crippen molar-refractivity contribution in [1.29, 1.82) is 0 Å². The van der Waals surface area contributed by atoms with Gasteiger partial charge < -0.3 is 14.7 Å². The summed E-state index contributed by atoms with van der Waals surface area (Å²) in [6.07, 6.45) is 1.73. The number of nitrogens with zero attached hydrogens (tertiary/aromatic N) is 1. The number of sulfonamides is 1. The van der Waals surface area contributed by atoms with Crippen LogP contribution < -0.4 is 4.72 Å². The predicted molar refractivity (Wildman–Crippen MR) is 94.4 cm³/mol. The number of piperidine rings is 1. The first-order chi connectivity index (χ1) is 12.2. The third kappa shape index (κ3) is 5.52. The molecule has 9 heteroatoms. The van der Waals surface area contributed by atoms with E-state index in [4.69, 9.17) is 9.84 Å². The summed E-state index contributed by atoms with van der Waals surface area (Å²) in [6.45, 7) is 4.67. The molecule has 2 rings (SSSR count). The van der Waals surface area contributed by atoms with Crippen LogP contribution in [-0.2, 0) is 19.6 Å². The van der Waals surface area contributed by atoms with Crippen LogP contribution in [0.25, 0.3) is 0 Å². The summed E-state index contributed by atoms with van der Waals surface area (Å²) in [5.41, 5.74) is -0.00786. The third-order valence-corrected chi connectivity index (χ3v) is 5.50. The maximum absolute atomic E-state index is 12.2. The fourth-order valence-electron chi connectivity index (χ4n) is 2.75. The average molecular weight is 384 g/mol. The number of aromatic carboxylic acids is 1. The Balaban J connectivity index is 1.87. The summed E-state index contributed by atoms with van der Waals surface area (Å²) in [7, 11) is -3.88. The number of hydrogen-bond donors (Lipinski definition) is 2. The van der Waals surface area contributed by atoms with Crippen LogP contribution in [0.3, 0.4) is 0 Å². The molecule has 1 amide bonds. The summed E-state index contributed by atoms with van der Waals surface area (Å²) >= 11 is 0. The molecule has 1 aliphatic heterocycles. The van der Waals surface area contributed by atoms with Crippen LogP contribution in [0.5, 0.6) is 0 Å². The van der Waals surface area contributed by atoms with Crippen molar-refractivity contribution in [2.45, 2.75) is 43.8 Å². The summed E-state index contributed by atoms with van der Waals surface area (Å²) < 4.78 is 32.4. The van der Waals surface area contributed by atoms with E-state index >= 15 is 0 Å². The van der Waals surface area contributed by atoms with Gasteiger partial charge in [0, 0.05) is 13.1 Å². The molecule has 1 aliphatic rings. The molecule has 1 aromatic rings. The van der Waals surface area contributed by atoms with Gasteiger partial charge in [0.2, 0.25) is 15.9 Å². The first-order valence-corrected chi connectivity index (χ1v) is 9.93. The number of carbonyl (C=O) groups is 2. The smallest absolute Gasteiger partial charge is 0.335 e. The van der Waals surface area contributed by atoms with Crippen molar-refractivity contribution >= 4 is 21.9 Å². The Morgan fingerprint density at radius 3 is 2.31 bits per heavy atom. The molecule has 1 aromatic carbocycles. The van der Waals surface area contributed by atoms with E-state index in [2.05, 4.69) is 4.72 Å². The maximum Gasteiger partial charge on any atom is 0.335 e. The molecule has 0 radical (unpaired) electrons. The van der Waals surface area contributed by atoms with Gasteiger partial charge in [0.25, 0.3) is 0 Å². The molecule has 0 spiro atoms. The lowest BCUT2D eigenvalue weighted by atomic mass is 10.1. The highest BCUT2D eigenvalue weighted by Crippen LogP contribution is 2.16. The SMILES string of the molecule is CC(C)OC1CCN(C(=O)CNS(=O)(=O)c2ccc(C(=O)O)cc2)CC1. The van der Waals surface area contributed by atoms with Gasteiger partial charge >= 0.3 is 5.97 Å². The summed E-state index contributed by atoms with van der Waals surface area (Å²) in [5, 5.41) is 8.84. The van der Waals surface area contributed by atoms with Gasteiger partial charge in [-0.1, -0.05) is 0 Å². The van der Waals surface area contributed by atoms with Crippen LogP contribution in [0.15, 0.2) is 29.2 Å². The number of carboxylic acid groups (broad SMARTS) is 1. The Hall–Kier alpha value is -1.97. The zero-order valence-corrected chi connectivity index (χ0v) is 15.7. The monoisotopic (exact) mass is 384 g/mol. The number of carbonyl (C=O) groups excluding carboxylic acids is 1. The van der Waals surface area contributed by atoms with Crippen molar-refractivity contribution in [3.05, 3.63) is 29.8 Å². The van der Waals surface area contributed by atoms with E-state index < -0.39 is 16.0 Å². The highest BCUT2D eigenvalue weighted by atomic mass is 32.2. The van der Waals surface area contributed by atoms with E-state index in [0.29, 0.717) is 13.1 Å². The second kappa shape index (κ2) is 8.61. The van der Waals surface area contributed by atoms with Crippen molar-refractivity contribution in [2.24, 2.45) is 0 Å². The Morgan fingerprint density at radius 1 is 1.23 bits per heavy atom. The maximum atomic E-state index is 12.2. The van der Waals surface area contributed by atoms with Gasteiger partial charge in [-0.2, -0.15) is 0 Å². The van der Waals surface area contributed by atoms with E-state index in [0.717, 1.165) is 12.8 Å². The number of amides is 1. The third-order valence-electron chi connectivity index (χ3n) is 4.08. The first-order valence-electron chi connectivity index (χ1n) is 8.45. The minimum absolute atomic E-state index is 0.00786. The molecule has 8 nitrogen and oxygen atoms in total. The zero-order valence-electron chi connectivity index (χ0n) is 14.8. The van der Waals surface area contributed by atoms with Crippen molar-refractivity contribution in [3.8, 4) is 0 Å². The first kappa shape index (κ1) is 20.3. The zero-order chi connectivity index (χ0) is 19.3. The second-order valence-electron chi connectivity index (χ2n) is 6.42. The van der Waals surface area contributed by atoms with Gasteiger partial charge in [-0.25, -0.2) is 17.9 Å². The average Bonchev–Trinajstić information content (AvgIpc) is 2.60. The lowest BCUT2D eigenvalue weighted by Gasteiger charge is -2.32. The molecule has 1 heterocycles. The predicted octanol–water partition coefficient (Wildman–Crippen LogP) is 1.08. The lowest BCUT2D eigenvalue weighted by molar-refractivity contribution is -0.133. The van der Waals surface area contributed by atoms with Gasteiger partial charge in [0.1, 0.15) is 0 Å². The van der Waals surface area contributed by atoms with Crippen molar-refractivity contribution in [2.75, 3.05) is 19.6 Å². The fraction of sp³-hybridized carbons (Fsp3) is 0.529. The molecule has 1 fully saturated rings. The number of likely N-dealkylation sites (tertiary alicyclic amines) is 1.